The van der Waals surface area contributed by atoms with Gasteiger partial charge in [-0.1, -0.05) is 0 Å². The Morgan fingerprint density at radius 1 is 1.41 bits per heavy atom. The van der Waals surface area contributed by atoms with Gasteiger partial charge >= 0.3 is 6.18 Å². The number of halogens is 3. The van der Waals surface area contributed by atoms with Crippen molar-refractivity contribution in [2.75, 3.05) is 12.4 Å². The van der Waals surface area contributed by atoms with Gasteiger partial charge in [-0.3, -0.25) is 10.1 Å². The number of rotatable bonds is 4. The summed E-state index contributed by atoms with van der Waals surface area (Å²) >= 11 is 0.554. The van der Waals surface area contributed by atoms with Gasteiger partial charge in [-0.15, -0.1) is 0 Å². The minimum absolute atomic E-state index is 0.0593. The average molecular weight is 333 g/mol. The maximum Gasteiger partial charge on any atom is 0.395 e. The van der Waals surface area contributed by atoms with Gasteiger partial charge in [0.2, 0.25) is 5.95 Å². The summed E-state index contributed by atoms with van der Waals surface area (Å²) in [6, 6.07) is 3.85. The number of phenolic OH excluding ortho intramolecular Hbond substituents is 1. The van der Waals surface area contributed by atoms with Crippen LogP contribution >= 0.6 is 11.5 Å². The summed E-state index contributed by atoms with van der Waals surface area (Å²) < 4.78 is 45.2. The van der Waals surface area contributed by atoms with E-state index in [0.717, 1.165) is 0 Å². The van der Waals surface area contributed by atoms with Crippen LogP contribution in [0, 0.1) is 0 Å². The zero-order chi connectivity index (χ0) is 16.3. The second-order valence-electron chi connectivity index (χ2n) is 4.18. The van der Waals surface area contributed by atoms with Crippen LogP contribution in [0.3, 0.4) is 0 Å². The molecule has 0 unspecified atom stereocenters. The maximum atomic E-state index is 12.2. The van der Waals surface area contributed by atoms with Crippen molar-refractivity contribution in [3.63, 3.8) is 0 Å². The second kappa shape index (κ2) is 6.18. The third kappa shape index (κ3) is 4.32. The van der Waals surface area contributed by atoms with E-state index in [9.17, 15) is 23.1 Å². The lowest BCUT2D eigenvalue weighted by molar-refractivity contribution is -0.127. The first-order valence-electron chi connectivity index (χ1n) is 5.85. The van der Waals surface area contributed by atoms with Crippen LogP contribution in [0.4, 0.5) is 19.1 Å². The van der Waals surface area contributed by atoms with Crippen molar-refractivity contribution in [2.24, 2.45) is 0 Å². The Bertz CT molecular complexity index is 688. The highest BCUT2D eigenvalue weighted by molar-refractivity contribution is 7.05. The van der Waals surface area contributed by atoms with Gasteiger partial charge in [-0.25, -0.2) is 4.98 Å². The molecule has 6 nitrogen and oxygen atoms in total. The molecule has 0 aliphatic carbocycles. The Morgan fingerprint density at radius 3 is 2.77 bits per heavy atom. The van der Waals surface area contributed by atoms with Gasteiger partial charge in [0, 0.05) is 11.6 Å². The van der Waals surface area contributed by atoms with E-state index in [4.69, 9.17) is 4.74 Å². The minimum atomic E-state index is -4.39. The van der Waals surface area contributed by atoms with Crippen LogP contribution in [-0.2, 0) is 6.42 Å². The lowest BCUT2D eigenvalue weighted by Gasteiger charge is -2.05. The molecule has 0 radical (unpaired) electrons. The van der Waals surface area contributed by atoms with Gasteiger partial charge in [0.1, 0.15) is 16.5 Å². The Labute approximate surface area is 126 Å². The fraction of sp³-hybridized carbons (Fsp3) is 0.250. The molecule has 1 amide bonds. The monoisotopic (exact) mass is 333 g/mol. The number of anilines is 1. The van der Waals surface area contributed by atoms with Crippen LogP contribution in [0.25, 0.3) is 0 Å². The van der Waals surface area contributed by atoms with Crippen molar-refractivity contribution in [1.29, 1.82) is 0 Å². The number of alkyl halides is 3. The standard InChI is InChI=1S/C12H10F3N3O3S/c1-21-8-3-6(2-7(19)4-8)10(20)17-11-16-9(22-18-11)5-12(13,14)15/h2-4,19H,5H2,1H3,(H,17,18,20). The predicted molar refractivity (Wildman–Crippen MR) is 72.3 cm³/mol. The van der Waals surface area contributed by atoms with Gasteiger partial charge in [0.05, 0.1) is 13.5 Å². The molecule has 0 saturated carbocycles. The molecule has 2 aromatic rings. The van der Waals surface area contributed by atoms with E-state index < -0.39 is 18.5 Å². The fourth-order valence-electron chi connectivity index (χ4n) is 1.55. The molecule has 0 spiro atoms. The van der Waals surface area contributed by atoms with E-state index >= 15 is 0 Å². The molecular weight excluding hydrogens is 323 g/mol. The average Bonchev–Trinajstić information content (AvgIpc) is 2.82. The quantitative estimate of drug-likeness (QED) is 0.898. The zero-order valence-electron chi connectivity index (χ0n) is 11.1. The minimum Gasteiger partial charge on any atom is -0.508 e. The number of ether oxygens (including phenoxy) is 1. The van der Waals surface area contributed by atoms with Crippen molar-refractivity contribution in [1.82, 2.24) is 9.36 Å². The molecule has 0 saturated heterocycles. The molecule has 10 heteroatoms. The first-order valence-corrected chi connectivity index (χ1v) is 6.63. The number of aromatic hydroxyl groups is 1. The number of nitrogens with zero attached hydrogens (tertiary/aromatic N) is 2. The molecule has 0 aliphatic heterocycles. The molecule has 1 aromatic carbocycles. The Balaban J connectivity index is 2.11. The number of hydrogen-bond acceptors (Lipinski definition) is 6. The highest BCUT2D eigenvalue weighted by atomic mass is 32.1. The van der Waals surface area contributed by atoms with Crippen molar-refractivity contribution in [3.05, 3.63) is 28.8 Å². The fourth-order valence-corrected chi connectivity index (χ4v) is 2.19. The van der Waals surface area contributed by atoms with Crippen LogP contribution < -0.4 is 10.1 Å². The SMILES string of the molecule is COc1cc(O)cc(C(=O)Nc2nsc(CC(F)(F)F)n2)c1. The van der Waals surface area contributed by atoms with Crippen molar-refractivity contribution in [2.45, 2.75) is 12.6 Å². The number of carbonyl (C=O) groups excluding carboxylic acids is 1. The maximum absolute atomic E-state index is 12.2. The summed E-state index contributed by atoms with van der Waals surface area (Å²) in [4.78, 5) is 15.5. The summed E-state index contributed by atoms with van der Waals surface area (Å²) in [5, 5.41) is 11.5. The van der Waals surface area contributed by atoms with Crippen LogP contribution in [0.15, 0.2) is 18.2 Å². The second-order valence-corrected chi connectivity index (χ2v) is 5.01. The molecule has 0 aliphatic rings. The van der Waals surface area contributed by atoms with Crippen LogP contribution in [0.5, 0.6) is 11.5 Å². The Kier molecular flexibility index (Phi) is 4.50. The third-order valence-electron chi connectivity index (χ3n) is 2.43. The molecule has 0 fully saturated rings. The number of nitrogens with one attached hydrogen (secondary N) is 1. The number of benzene rings is 1. The van der Waals surface area contributed by atoms with Gasteiger partial charge in [-0.05, 0) is 23.7 Å². The molecule has 0 bridgehead atoms. The van der Waals surface area contributed by atoms with E-state index in [1.807, 2.05) is 0 Å². The van der Waals surface area contributed by atoms with E-state index in [2.05, 4.69) is 14.7 Å². The molecule has 1 heterocycles. The molecule has 22 heavy (non-hydrogen) atoms. The molecule has 118 valence electrons. The van der Waals surface area contributed by atoms with Gasteiger partial charge in [0.15, 0.2) is 0 Å². The first kappa shape index (κ1) is 16.0. The number of carbonyl (C=O) groups is 1. The van der Waals surface area contributed by atoms with Crippen molar-refractivity contribution >= 4 is 23.4 Å². The Hall–Kier alpha value is -2.36. The predicted octanol–water partition coefficient (Wildman–Crippen LogP) is 2.61. The number of phenols is 1. The smallest absolute Gasteiger partial charge is 0.395 e. The normalized spacial score (nSPS) is 11.3. The molecule has 2 rings (SSSR count). The zero-order valence-corrected chi connectivity index (χ0v) is 12.0. The highest BCUT2D eigenvalue weighted by Crippen LogP contribution is 2.24. The Morgan fingerprint density at radius 2 is 2.14 bits per heavy atom. The number of aromatic nitrogens is 2. The van der Waals surface area contributed by atoms with Crippen LogP contribution in [0.2, 0.25) is 0 Å². The van der Waals surface area contributed by atoms with E-state index in [1.165, 1.54) is 25.3 Å². The number of amides is 1. The van der Waals surface area contributed by atoms with Gasteiger partial charge in [0.25, 0.3) is 5.91 Å². The molecule has 2 N–H and O–H groups in total. The lowest BCUT2D eigenvalue weighted by atomic mass is 10.2. The summed E-state index contributed by atoms with van der Waals surface area (Å²) in [7, 11) is 1.36. The van der Waals surface area contributed by atoms with Gasteiger partial charge in [-0.2, -0.15) is 17.5 Å². The van der Waals surface area contributed by atoms with Gasteiger partial charge < -0.3 is 9.84 Å². The molecular formula is C12H10F3N3O3S. The topological polar surface area (TPSA) is 84.3 Å². The van der Waals surface area contributed by atoms with E-state index in [0.29, 0.717) is 11.5 Å². The third-order valence-corrected chi connectivity index (χ3v) is 3.14. The largest absolute Gasteiger partial charge is 0.508 e. The summed E-state index contributed by atoms with van der Waals surface area (Å²) in [6.07, 6.45) is -5.60. The van der Waals surface area contributed by atoms with Crippen molar-refractivity contribution in [3.8, 4) is 11.5 Å². The summed E-state index contributed by atoms with van der Waals surface area (Å²) in [6.45, 7) is 0. The van der Waals surface area contributed by atoms with E-state index in [-0.39, 0.29) is 28.0 Å². The number of methoxy groups -OCH3 is 1. The van der Waals surface area contributed by atoms with Crippen LogP contribution in [-0.4, -0.2) is 33.7 Å². The highest BCUT2D eigenvalue weighted by Gasteiger charge is 2.30. The molecule has 1 aromatic heterocycles. The summed E-state index contributed by atoms with van der Waals surface area (Å²) in [5.74, 6) is -0.829. The van der Waals surface area contributed by atoms with Crippen molar-refractivity contribution < 1.29 is 27.8 Å². The first-order chi connectivity index (χ1) is 10.3. The van der Waals surface area contributed by atoms with E-state index in [1.54, 1.807) is 0 Å². The lowest BCUT2D eigenvalue weighted by Crippen LogP contribution is -2.14. The molecule has 0 atom stereocenters. The van der Waals surface area contributed by atoms with Crippen LogP contribution in [0.1, 0.15) is 15.4 Å². The summed E-state index contributed by atoms with van der Waals surface area (Å²) in [5.41, 5.74) is 0.0593. The number of hydrogen-bond donors (Lipinski definition) is 2.